The van der Waals surface area contributed by atoms with Gasteiger partial charge in [-0.3, -0.25) is 0 Å². The minimum absolute atomic E-state index is 0.439. The Labute approximate surface area is 113 Å². The Morgan fingerprint density at radius 2 is 2.00 bits per heavy atom. The highest BCUT2D eigenvalue weighted by Gasteiger charge is 2.12. The third-order valence-corrected chi connectivity index (χ3v) is 3.45. The molecule has 0 saturated heterocycles. The minimum Gasteiger partial charge on any atom is -0.479 e. The lowest BCUT2D eigenvalue weighted by atomic mass is 10.2. The third kappa shape index (κ3) is 2.50. The van der Waals surface area contributed by atoms with Crippen molar-refractivity contribution in [1.82, 2.24) is 25.4 Å². The van der Waals surface area contributed by atoms with Gasteiger partial charge in [0.25, 0.3) is 0 Å². The number of H-pyrrole nitrogens is 1. The SMILES string of the molecule is COc1nc(SCc2ccccc2)nc2n[nH]nc12. The summed E-state index contributed by atoms with van der Waals surface area (Å²) in [6, 6.07) is 10.2. The zero-order valence-electron chi connectivity index (χ0n) is 10.2. The first-order valence-corrected chi connectivity index (χ1v) is 6.64. The topological polar surface area (TPSA) is 76.6 Å². The molecule has 2 aromatic heterocycles. The van der Waals surface area contributed by atoms with Gasteiger partial charge in [-0.05, 0) is 5.56 Å². The molecule has 0 spiro atoms. The van der Waals surface area contributed by atoms with E-state index in [0.717, 1.165) is 5.75 Å². The fourth-order valence-corrected chi connectivity index (χ4v) is 2.42. The summed E-state index contributed by atoms with van der Waals surface area (Å²) in [6.07, 6.45) is 0. The largest absolute Gasteiger partial charge is 0.479 e. The van der Waals surface area contributed by atoms with Gasteiger partial charge in [0, 0.05) is 5.75 Å². The quantitative estimate of drug-likeness (QED) is 0.579. The molecule has 0 atom stereocenters. The normalized spacial score (nSPS) is 10.8. The summed E-state index contributed by atoms with van der Waals surface area (Å²) < 4.78 is 5.19. The zero-order chi connectivity index (χ0) is 13.1. The summed E-state index contributed by atoms with van der Waals surface area (Å²) in [5, 5.41) is 11.1. The van der Waals surface area contributed by atoms with Crippen molar-refractivity contribution in [3.8, 4) is 5.88 Å². The number of thioether (sulfide) groups is 1. The van der Waals surface area contributed by atoms with Crippen molar-refractivity contribution in [2.24, 2.45) is 0 Å². The van der Waals surface area contributed by atoms with E-state index in [1.54, 1.807) is 7.11 Å². The predicted molar refractivity (Wildman–Crippen MR) is 72.0 cm³/mol. The van der Waals surface area contributed by atoms with Gasteiger partial charge in [-0.25, -0.2) is 0 Å². The Balaban J connectivity index is 1.85. The highest BCUT2D eigenvalue weighted by molar-refractivity contribution is 7.98. The molecule has 7 heteroatoms. The number of rotatable bonds is 4. The summed E-state index contributed by atoms with van der Waals surface area (Å²) in [6.45, 7) is 0. The van der Waals surface area contributed by atoms with Crippen LogP contribution < -0.4 is 4.74 Å². The monoisotopic (exact) mass is 273 g/mol. The summed E-state index contributed by atoms with van der Waals surface area (Å²) in [7, 11) is 1.56. The third-order valence-electron chi connectivity index (χ3n) is 2.53. The zero-order valence-corrected chi connectivity index (χ0v) is 11.0. The molecular weight excluding hydrogens is 262 g/mol. The van der Waals surface area contributed by atoms with E-state index in [1.165, 1.54) is 17.3 Å². The average molecular weight is 273 g/mol. The number of aromatic amines is 1. The summed E-state index contributed by atoms with van der Waals surface area (Å²) in [5.74, 6) is 1.24. The van der Waals surface area contributed by atoms with Gasteiger partial charge in [-0.15, -0.1) is 10.2 Å². The Kier molecular flexibility index (Phi) is 3.28. The number of methoxy groups -OCH3 is 1. The molecule has 0 fully saturated rings. The molecule has 1 aromatic carbocycles. The number of ether oxygens (including phenoxy) is 1. The van der Waals surface area contributed by atoms with Crippen LogP contribution in [0, 0.1) is 0 Å². The van der Waals surface area contributed by atoms with Crippen molar-refractivity contribution >= 4 is 22.9 Å². The van der Waals surface area contributed by atoms with Crippen molar-refractivity contribution in [3.63, 3.8) is 0 Å². The highest BCUT2D eigenvalue weighted by atomic mass is 32.2. The Bertz CT molecular complexity index is 685. The molecule has 3 aromatic rings. The molecule has 6 nitrogen and oxygen atoms in total. The number of aromatic nitrogens is 5. The van der Waals surface area contributed by atoms with Crippen molar-refractivity contribution < 1.29 is 4.74 Å². The number of benzene rings is 1. The molecule has 0 unspecified atom stereocenters. The van der Waals surface area contributed by atoms with Crippen molar-refractivity contribution in [3.05, 3.63) is 35.9 Å². The molecule has 19 heavy (non-hydrogen) atoms. The second-order valence-corrected chi connectivity index (χ2v) is 4.73. The molecule has 3 rings (SSSR count). The lowest BCUT2D eigenvalue weighted by Gasteiger charge is -2.03. The van der Waals surface area contributed by atoms with Crippen LogP contribution in [0.4, 0.5) is 0 Å². The summed E-state index contributed by atoms with van der Waals surface area (Å²) in [5.41, 5.74) is 2.28. The number of nitrogens with one attached hydrogen (secondary N) is 1. The van der Waals surface area contributed by atoms with Crippen LogP contribution in [-0.2, 0) is 5.75 Å². The van der Waals surface area contributed by atoms with E-state index in [0.29, 0.717) is 22.2 Å². The van der Waals surface area contributed by atoms with E-state index < -0.39 is 0 Å². The standard InChI is InChI=1S/C12H11N5OS/c1-18-11-9-10(16-17-15-9)13-12(14-11)19-7-8-5-3-2-4-6-8/h2-6H,7H2,1H3,(H,13,14,15,16,17). The maximum Gasteiger partial charge on any atom is 0.248 e. The second kappa shape index (κ2) is 5.23. The molecule has 0 bridgehead atoms. The first-order valence-electron chi connectivity index (χ1n) is 5.66. The number of fused-ring (bicyclic) bond motifs is 1. The van der Waals surface area contributed by atoms with Gasteiger partial charge in [0.1, 0.15) is 0 Å². The fraction of sp³-hybridized carbons (Fsp3) is 0.167. The summed E-state index contributed by atoms with van der Waals surface area (Å²) in [4.78, 5) is 8.64. The molecule has 96 valence electrons. The molecule has 0 amide bonds. The Morgan fingerprint density at radius 1 is 1.16 bits per heavy atom. The van der Waals surface area contributed by atoms with Crippen LogP contribution in [0.1, 0.15) is 5.56 Å². The van der Waals surface area contributed by atoms with Crippen LogP contribution >= 0.6 is 11.8 Å². The van der Waals surface area contributed by atoms with Crippen molar-refractivity contribution in [2.75, 3.05) is 7.11 Å². The maximum atomic E-state index is 5.19. The number of nitrogens with zero attached hydrogens (tertiary/aromatic N) is 4. The van der Waals surface area contributed by atoms with Gasteiger partial charge in [0.2, 0.25) is 11.5 Å². The van der Waals surface area contributed by atoms with E-state index in [2.05, 4.69) is 37.5 Å². The average Bonchev–Trinajstić information content (AvgIpc) is 2.93. The molecule has 0 saturated carbocycles. The van der Waals surface area contributed by atoms with Gasteiger partial charge in [0.05, 0.1) is 7.11 Å². The Hall–Kier alpha value is -2.15. The van der Waals surface area contributed by atoms with Gasteiger partial charge < -0.3 is 4.74 Å². The van der Waals surface area contributed by atoms with Crippen molar-refractivity contribution in [1.29, 1.82) is 0 Å². The first kappa shape index (κ1) is 11.9. The van der Waals surface area contributed by atoms with E-state index in [9.17, 15) is 0 Å². The van der Waals surface area contributed by atoms with Crippen LogP contribution in [-0.4, -0.2) is 32.5 Å². The van der Waals surface area contributed by atoms with Crippen LogP contribution in [0.3, 0.4) is 0 Å². The van der Waals surface area contributed by atoms with E-state index >= 15 is 0 Å². The van der Waals surface area contributed by atoms with Crippen LogP contribution in [0.2, 0.25) is 0 Å². The molecule has 0 aliphatic carbocycles. The lowest BCUT2D eigenvalue weighted by Crippen LogP contribution is -1.95. The second-order valence-electron chi connectivity index (χ2n) is 3.79. The van der Waals surface area contributed by atoms with Gasteiger partial charge in [-0.2, -0.15) is 15.2 Å². The fourth-order valence-electron chi connectivity index (χ4n) is 1.63. The van der Waals surface area contributed by atoms with Crippen LogP contribution in [0.25, 0.3) is 11.2 Å². The molecule has 2 heterocycles. The first-order chi connectivity index (χ1) is 9.36. The smallest absolute Gasteiger partial charge is 0.248 e. The maximum absolute atomic E-state index is 5.19. The van der Waals surface area contributed by atoms with Gasteiger partial charge >= 0.3 is 0 Å². The van der Waals surface area contributed by atoms with Crippen molar-refractivity contribution in [2.45, 2.75) is 10.9 Å². The lowest BCUT2D eigenvalue weighted by molar-refractivity contribution is 0.397. The van der Waals surface area contributed by atoms with Crippen LogP contribution in [0.15, 0.2) is 35.5 Å². The minimum atomic E-state index is 0.439. The predicted octanol–water partition coefficient (Wildman–Crippen LogP) is 2.05. The molecule has 0 radical (unpaired) electrons. The molecule has 1 N–H and O–H groups in total. The van der Waals surface area contributed by atoms with E-state index in [1.807, 2.05) is 18.2 Å². The number of hydrogen-bond donors (Lipinski definition) is 1. The highest BCUT2D eigenvalue weighted by Crippen LogP contribution is 2.24. The number of hydrogen-bond acceptors (Lipinski definition) is 6. The molecule has 0 aliphatic heterocycles. The van der Waals surface area contributed by atoms with E-state index in [4.69, 9.17) is 4.74 Å². The van der Waals surface area contributed by atoms with Gasteiger partial charge in [0.15, 0.2) is 10.7 Å². The Morgan fingerprint density at radius 3 is 2.79 bits per heavy atom. The van der Waals surface area contributed by atoms with Gasteiger partial charge in [-0.1, -0.05) is 42.1 Å². The molecular formula is C12H11N5OS. The summed E-state index contributed by atoms with van der Waals surface area (Å²) >= 11 is 1.54. The molecule has 0 aliphatic rings. The van der Waals surface area contributed by atoms with E-state index in [-0.39, 0.29) is 0 Å². The van der Waals surface area contributed by atoms with Crippen LogP contribution in [0.5, 0.6) is 5.88 Å².